The van der Waals surface area contributed by atoms with Crippen molar-refractivity contribution in [3.05, 3.63) is 11.4 Å². The van der Waals surface area contributed by atoms with Crippen LogP contribution in [0.4, 0.5) is 0 Å². The van der Waals surface area contributed by atoms with E-state index in [0.717, 1.165) is 12.1 Å². The molecule has 1 aromatic heterocycles. The second-order valence-electron chi connectivity index (χ2n) is 3.84. The fourth-order valence-corrected chi connectivity index (χ4v) is 1.60. The maximum absolute atomic E-state index is 11.1. The first-order chi connectivity index (χ1) is 7.22. The molecule has 2 rings (SSSR count). The van der Waals surface area contributed by atoms with Gasteiger partial charge in [0.05, 0.1) is 18.8 Å². The molecule has 0 unspecified atom stereocenters. The Kier molecular flexibility index (Phi) is 2.68. The molecule has 0 radical (unpaired) electrons. The van der Waals surface area contributed by atoms with Crippen molar-refractivity contribution in [2.75, 3.05) is 6.61 Å². The van der Waals surface area contributed by atoms with Crippen LogP contribution in [0.3, 0.4) is 0 Å². The summed E-state index contributed by atoms with van der Waals surface area (Å²) < 4.78 is 1.57. The Bertz CT molecular complexity index is 370. The first-order valence-corrected chi connectivity index (χ1v) is 5.05. The fourth-order valence-electron chi connectivity index (χ4n) is 1.60. The molecule has 1 aliphatic carbocycles. The molecule has 3 N–H and O–H groups in total. The van der Waals surface area contributed by atoms with Crippen LogP contribution < -0.4 is 5.73 Å². The number of aromatic nitrogens is 3. The van der Waals surface area contributed by atoms with E-state index in [1.165, 1.54) is 12.8 Å². The van der Waals surface area contributed by atoms with Crippen LogP contribution in [0.5, 0.6) is 0 Å². The summed E-state index contributed by atoms with van der Waals surface area (Å²) in [7, 11) is 0. The average Bonchev–Trinajstić information content (AvgIpc) is 2.90. The van der Waals surface area contributed by atoms with Gasteiger partial charge in [-0.2, -0.15) is 0 Å². The first-order valence-electron chi connectivity index (χ1n) is 5.05. The summed E-state index contributed by atoms with van der Waals surface area (Å²) in [6.45, 7) is 0.349. The number of aliphatic hydroxyl groups excluding tert-OH is 1. The number of aliphatic hydroxyl groups is 1. The van der Waals surface area contributed by atoms with Crippen molar-refractivity contribution >= 4 is 5.91 Å². The second kappa shape index (κ2) is 3.98. The molecule has 15 heavy (non-hydrogen) atoms. The quantitative estimate of drug-likeness (QED) is 0.673. The zero-order chi connectivity index (χ0) is 10.8. The Balaban J connectivity index is 2.25. The normalized spacial score (nSPS) is 15.5. The van der Waals surface area contributed by atoms with Gasteiger partial charge < -0.3 is 10.8 Å². The maximum atomic E-state index is 11.1. The van der Waals surface area contributed by atoms with Gasteiger partial charge in [-0.15, -0.1) is 5.10 Å². The minimum Gasteiger partial charge on any atom is -0.394 e. The highest BCUT2D eigenvalue weighted by Gasteiger charge is 2.27. The van der Waals surface area contributed by atoms with Crippen LogP contribution in [-0.2, 0) is 13.0 Å². The van der Waals surface area contributed by atoms with Gasteiger partial charge in [-0.1, -0.05) is 5.21 Å². The number of nitrogens with zero attached hydrogens (tertiary/aromatic N) is 3. The van der Waals surface area contributed by atoms with Gasteiger partial charge in [-0.05, 0) is 25.2 Å². The average molecular weight is 210 g/mol. The zero-order valence-corrected chi connectivity index (χ0v) is 8.39. The molecular weight excluding hydrogens is 196 g/mol. The third-order valence-electron chi connectivity index (χ3n) is 2.56. The Morgan fingerprint density at radius 1 is 1.60 bits per heavy atom. The Hall–Kier alpha value is -1.43. The maximum Gasteiger partial charge on any atom is 0.271 e. The third kappa shape index (κ3) is 2.15. The van der Waals surface area contributed by atoms with Crippen molar-refractivity contribution in [1.29, 1.82) is 0 Å². The Morgan fingerprint density at radius 3 is 2.87 bits per heavy atom. The van der Waals surface area contributed by atoms with Crippen LogP contribution in [0.1, 0.15) is 29.0 Å². The van der Waals surface area contributed by atoms with E-state index in [-0.39, 0.29) is 12.3 Å². The van der Waals surface area contributed by atoms with E-state index in [1.807, 2.05) is 0 Å². The lowest BCUT2D eigenvalue weighted by molar-refractivity contribution is 0.0994. The van der Waals surface area contributed by atoms with Crippen LogP contribution in [0.2, 0.25) is 0 Å². The second-order valence-corrected chi connectivity index (χ2v) is 3.84. The van der Waals surface area contributed by atoms with Crippen molar-refractivity contribution in [2.45, 2.75) is 25.8 Å². The summed E-state index contributed by atoms with van der Waals surface area (Å²) in [5, 5.41) is 16.4. The monoisotopic (exact) mass is 210 g/mol. The predicted octanol–water partition coefficient (Wildman–Crippen LogP) is -0.678. The molecule has 1 saturated carbocycles. The first kappa shape index (κ1) is 10.1. The molecular formula is C9H14N4O2. The molecule has 0 aliphatic heterocycles. The van der Waals surface area contributed by atoms with Gasteiger partial charge >= 0.3 is 0 Å². The SMILES string of the molecule is NC(=O)c1nnn(CCO)c1CC1CC1. The smallest absolute Gasteiger partial charge is 0.271 e. The minimum absolute atomic E-state index is 0.0147. The van der Waals surface area contributed by atoms with E-state index in [9.17, 15) is 4.79 Å². The van der Waals surface area contributed by atoms with E-state index < -0.39 is 5.91 Å². The molecule has 0 atom stereocenters. The molecule has 1 aromatic rings. The summed E-state index contributed by atoms with van der Waals surface area (Å²) in [6, 6.07) is 0. The van der Waals surface area contributed by atoms with Crippen molar-refractivity contribution in [2.24, 2.45) is 11.7 Å². The highest BCUT2D eigenvalue weighted by molar-refractivity contribution is 5.91. The van der Waals surface area contributed by atoms with Crippen LogP contribution in [0.25, 0.3) is 0 Å². The topological polar surface area (TPSA) is 94.0 Å². The lowest BCUT2D eigenvalue weighted by Crippen LogP contribution is -2.16. The lowest BCUT2D eigenvalue weighted by atomic mass is 10.1. The number of carbonyl (C=O) groups excluding carboxylic acids is 1. The summed E-state index contributed by atoms with van der Waals surface area (Å²) >= 11 is 0. The number of carbonyl (C=O) groups is 1. The summed E-state index contributed by atoms with van der Waals surface area (Å²) in [6.07, 6.45) is 3.15. The standard InChI is InChI=1S/C9H14N4O2/c10-9(15)8-7(5-6-1-2-6)13(3-4-14)12-11-8/h6,14H,1-5H2,(H2,10,15). The Labute approximate surface area is 87.1 Å². The van der Waals surface area contributed by atoms with Crippen LogP contribution in [0.15, 0.2) is 0 Å². The van der Waals surface area contributed by atoms with Crippen molar-refractivity contribution in [3.8, 4) is 0 Å². The number of primary amides is 1. The third-order valence-corrected chi connectivity index (χ3v) is 2.56. The molecule has 0 spiro atoms. The summed E-state index contributed by atoms with van der Waals surface area (Å²) in [5.41, 5.74) is 6.21. The molecule has 0 bridgehead atoms. The number of hydrogen-bond donors (Lipinski definition) is 2. The Morgan fingerprint density at radius 2 is 2.33 bits per heavy atom. The van der Waals surface area contributed by atoms with Gasteiger partial charge in [0.25, 0.3) is 5.91 Å². The number of hydrogen-bond acceptors (Lipinski definition) is 4. The molecule has 1 amide bonds. The van der Waals surface area contributed by atoms with E-state index in [1.54, 1.807) is 4.68 Å². The fraction of sp³-hybridized carbons (Fsp3) is 0.667. The number of nitrogens with two attached hydrogens (primary N) is 1. The molecule has 0 aromatic carbocycles. The molecule has 82 valence electrons. The lowest BCUT2D eigenvalue weighted by Gasteiger charge is -2.04. The van der Waals surface area contributed by atoms with Crippen LogP contribution in [-0.4, -0.2) is 32.6 Å². The number of amides is 1. The van der Waals surface area contributed by atoms with E-state index >= 15 is 0 Å². The predicted molar refractivity (Wildman–Crippen MR) is 52.1 cm³/mol. The molecule has 1 heterocycles. The van der Waals surface area contributed by atoms with Crippen LogP contribution >= 0.6 is 0 Å². The van der Waals surface area contributed by atoms with E-state index in [2.05, 4.69) is 10.3 Å². The summed E-state index contributed by atoms with van der Waals surface area (Å²) in [5.74, 6) is 0.0777. The highest BCUT2D eigenvalue weighted by Crippen LogP contribution is 2.33. The van der Waals surface area contributed by atoms with Gasteiger partial charge in [0.1, 0.15) is 0 Å². The minimum atomic E-state index is -0.546. The van der Waals surface area contributed by atoms with E-state index in [4.69, 9.17) is 10.8 Å². The highest BCUT2D eigenvalue weighted by atomic mass is 16.3. The summed E-state index contributed by atoms with van der Waals surface area (Å²) in [4.78, 5) is 11.1. The van der Waals surface area contributed by atoms with Crippen molar-refractivity contribution < 1.29 is 9.90 Å². The zero-order valence-electron chi connectivity index (χ0n) is 8.39. The van der Waals surface area contributed by atoms with Crippen molar-refractivity contribution in [3.63, 3.8) is 0 Å². The van der Waals surface area contributed by atoms with Gasteiger partial charge in [-0.3, -0.25) is 4.79 Å². The molecule has 1 aliphatic rings. The van der Waals surface area contributed by atoms with Gasteiger partial charge in [0, 0.05) is 0 Å². The van der Waals surface area contributed by atoms with Gasteiger partial charge in [-0.25, -0.2) is 4.68 Å². The molecule has 1 fully saturated rings. The van der Waals surface area contributed by atoms with Gasteiger partial charge in [0.2, 0.25) is 0 Å². The largest absolute Gasteiger partial charge is 0.394 e. The number of rotatable bonds is 5. The molecule has 6 nitrogen and oxygen atoms in total. The van der Waals surface area contributed by atoms with Crippen LogP contribution in [0, 0.1) is 5.92 Å². The van der Waals surface area contributed by atoms with Gasteiger partial charge in [0.15, 0.2) is 5.69 Å². The van der Waals surface area contributed by atoms with E-state index in [0.29, 0.717) is 12.5 Å². The molecule has 0 saturated heterocycles. The van der Waals surface area contributed by atoms with Crippen molar-refractivity contribution in [1.82, 2.24) is 15.0 Å². The molecule has 6 heteroatoms.